The fourth-order valence-electron chi connectivity index (χ4n) is 2.42. The topological polar surface area (TPSA) is 12.0 Å². The maximum Gasteiger partial charge on any atom is 0.0545 e. The number of hydrogen-bond acceptors (Lipinski definition) is 2. The number of allylic oxidation sites excluding steroid dienone is 2. The van der Waals surface area contributed by atoms with Crippen molar-refractivity contribution >= 4 is 11.8 Å². The van der Waals surface area contributed by atoms with E-state index >= 15 is 0 Å². The molecule has 0 heterocycles. The fraction of sp³-hybridized carbons (Fsp3) is 0.714. The van der Waals surface area contributed by atoms with E-state index in [0.717, 1.165) is 36.4 Å². The highest BCUT2D eigenvalue weighted by atomic mass is 32.2. The summed E-state index contributed by atoms with van der Waals surface area (Å²) >= 11 is 1.83. The maximum absolute atomic E-state index is 5.19. The van der Waals surface area contributed by atoms with E-state index in [1.54, 1.807) is 5.57 Å². The molecule has 0 saturated carbocycles. The van der Waals surface area contributed by atoms with Crippen molar-refractivity contribution in [2.24, 2.45) is 11.8 Å². The molecule has 0 amide bonds. The molecule has 0 radical (unpaired) electrons. The second-order valence-corrected chi connectivity index (χ2v) is 5.86. The van der Waals surface area contributed by atoms with Crippen molar-refractivity contribution in [1.29, 1.82) is 0 Å². The maximum atomic E-state index is 5.19. The van der Waals surface area contributed by atoms with Crippen molar-refractivity contribution in [3.05, 3.63) is 11.6 Å². The predicted molar refractivity (Wildman–Crippen MR) is 74.7 cm³/mol. The molecule has 1 nitrogen and oxygen atoms in total. The summed E-state index contributed by atoms with van der Waals surface area (Å²) in [5.74, 6) is 6.20. The van der Waals surface area contributed by atoms with Gasteiger partial charge in [0.05, 0.1) is 5.75 Å². The summed E-state index contributed by atoms with van der Waals surface area (Å²) in [6, 6.07) is 0. The second-order valence-electron chi connectivity index (χ2n) is 4.76. The summed E-state index contributed by atoms with van der Waals surface area (Å²) < 4.78 is 0. The Hall–Kier alpha value is -0.390. The first-order chi connectivity index (χ1) is 7.72. The van der Waals surface area contributed by atoms with Gasteiger partial charge in [-0.2, -0.15) is 0 Å². The van der Waals surface area contributed by atoms with E-state index in [9.17, 15) is 0 Å². The lowest BCUT2D eigenvalue weighted by atomic mass is 9.84. The van der Waals surface area contributed by atoms with E-state index in [1.165, 1.54) is 12.8 Å². The average molecular weight is 237 g/mol. The van der Waals surface area contributed by atoms with E-state index in [-0.39, 0.29) is 0 Å². The van der Waals surface area contributed by atoms with Crippen molar-refractivity contribution in [3.8, 4) is 12.3 Å². The Kier molecular flexibility index (Phi) is 6.68. The van der Waals surface area contributed by atoms with Crippen LogP contribution in [0.2, 0.25) is 0 Å². The van der Waals surface area contributed by atoms with Gasteiger partial charge in [0.1, 0.15) is 0 Å². The minimum absolute atomic E-state index is 0.761. The summed E-state index contributed by atoms with van der Waals surface area (Å²) in [7, 11) is 0. The van der Waals surface area contributed by atoms with Crippen LogP contribution >= 0.6 is 11.8 Å². The minimum atomic E-state index is 0.761. The van der Waals surface area contributed by atoms with Crippen LogP contribution in [0.15, 0.2) is 11.6 Å². The predicted octanol–water partition coefficient (Wildman–Crippen LogP) is 2.93. The zero-order chi connectivity index (χ0) is 11.8. The molecule has 1 N–H and O–H groups in total. The molecule has 0 aliphatic heterocycles. The normalized spacial score (nSPS) is 24.9. The van der Waals surface area contributed by atoms with E-state index in [4.69, 9.17) is 6.42 Å². The summed E-state index contributed by atoms with van der Waals surface area (Å²) in [6.45, 7) is 6.82. The lowest BCUT2D eigenvalue weighted by Gasteiger charge is -2.25. The van der Waals surface area contributed by atoms with Crippen LogP contribution in [0.25, 0.3) is 0 Å². The zero-order valence-electron chi connectivity index (χ0n) is 10.5. The van der Waals surface area contributed by atoms with Crippen molar-refractivity contribution in [3.63, 3.8) is 0 Å². The van der Waals surface area contributed by atoms with Gasteiger partial charge < -0.3 is 5.32 Å². The SMILES string of the molecule is C#CCSCCNCC1CC(C)=CC(C)C1. The second kappa shape index (κ2) is 7.81. The van der Waals surface area contributed by atoms with Gasteiger partial charge in [-0.1, -0.05) is 24.5 Å². The van der Waals surface area contributed by atoms with E-state index in [0.29, 0.717) is 0 Å². The van der Waals surface area contributed by atoms with Crippen LogP contribution in [-0.2, 0) is 0 Å². The van der Waals surface area contributed by atoms with Crippen LogP contribution in [-0.4, -0.2) is 24.6 Å². The molecular weight excluding hydrogens is 214 g/mol. The third kappa shape index (κ3) is 5.63. The Balaban J connectivity index is 2.06. The quantitative estimate of drug-likeness (QED) is 0.433. The molecule has 0 saturated heterocycles. The molecule has 0 fully saturated rings. The van der Waals surface area contributed by atoms with Crippen LogP contribution < -0.4 is 5.32 Å². The lowest BCUT2D eigenvalue weighted by Crippen LogP contribution is -2.27. The van der Waals surface area contributed by atoms with Gasteiger partial charge in [0.2, 0.25) is 0 Å². The molecule has 1 aliphatic rings. The van der Waals surface area contributed by atoms with Crippen molar-refractivity contribution in [1.82, 2.24) is 5.32 Å². The fourth-order valence-corrected chi connectivity index (χ4v) is 2.97. The monoisotopic (exact) mass is 237 g/mol. The first-order valence-corrected chi connectivity index (χ1v) is 7.27. The molecule has 0 aromatic carbocycles. The number of rotatable bonds is 6. The summed E-state index contributed by atoms with van der Waals surface area (Å²) in [4.78, 5) is 0. The third-order valence-electron chi connectivity index (χ3n) is 2.93. The number of nitrogens with one attached hydrogen (secondary N) is 1. The summed E-state index contributed by atoms with van der Waals surface area (Å²) in [5.41, 5.74) is 1.56. The van der Waals surface area contributed by atoms with Crippen LogP contribution in [0, 0.1) is 24.2 Å². The van der Waals surface area contributed by atoms with Crippen LogP contribution in [0.1, 0.15) is 26.7 Å². The first kappa shape index (κ1) is 13.7. The number of thioether (sulfide) groups is 1. The van der Waals surface area contributed by atoms with E-state index in [1.807, 2.05) is 11.8 Å². The van der Waals surface area contributed by atoms with Crippen LogP contribution in [0.4, 0.5) is 0 Å². The zero-order valence-corrected chi connectivity index (χ0v) is 11.3. The van der Waals surface area contributed by atoms with Gasteiger partial charge in [0.25, 0.3) is 0 Å². The Morgan fingerprint density at radius 2 is 2.44 bits per heavy atom. The van der Waals surface area contributed by atoms with E-state index < -0.39 is 0 Å². The molecular formula is C14H23NS. The standard InChI is InChI=1S/C14H23NS/c1-4-6-16-7-5-15-11-14-9-12(2)8-13(3)10-14/h1,8,12,14-15H,5-7,9-11H2,2-3H3. The molecule has 1 aliphatic carbocycles. The van der Waals surface area contributed by atoms with Crippen LogP contribution in [0.3, 0.4) is 0 Å². The molecule has 2 unspecified atom stereocenters. The molecule has 16 heavy (non-hydrogen) atoms. The van der Waals surface area contributed by atoms with Gasteiger partial charge in [-0.05, 0) is 38.1 Å². The molecule has 2 heteroatoms. The highest BCUT2D eigenvalue weighted by Gasteiger charge is 2.17. The summed E-state index contributed by atoms with van der Waals surface area (Å²) in [5, 5.41) is 3.54. The Bertz CT molecular complexity index is 264. The molecule has 0 aromatic heterocycles. The molecule has 2 atom stereocenters. The van der Waals surface area contributed by atoms with Gasteiger partial charge >= 0.3 is 0 Å². The van der Waals surface area contributed by atoms with Crippen molar-refractivity contribution in [2.45, 2.75) is 26.7 Å². The van der Waals surface area contributed by atoms with Crippen molar-refractivity contribution in [2.75, 3.05) is 24.6 Å². The van der Waals surface area contributed by atoms with Gasteiger partial charge in [0.15, 0.2) is 0 Å². The van der Waals surface area contributed by atoms with Gasteiger partial charge in [-0.15, -0.1) is 18.2 Å². The molecule has 90 valence electrons. The number of terminal acetylenes is 1. The van der Waals surface area contributed by atoms with Gasteiger partial charge in [-0.3, -0.25) is 0 Å². The molecule has 1 rings (SSSR count). The molecule has 0 spiro atoms. The highest BCUT2D eigenvalue weighted by molar-refractivity contribution is 7.99. The smallest absolute Gasteiger partial charge is 0.0545 e. The number of hydrogen-bond donors (Lipinski definition) is 1. The van der Waals surface area contributed by atoms with Crippen LogP contribution in [0.5, 0.6) is 0 Å². The van der Waals surface area contributed by atoms with Gasteiger partial charge in [-0.25, -0.2) is 0 Å². The molecule has 0 aromatic rings. The largest absolute Gasteiger partial charge is 0.316 e. The third-order valence-corrected chi connectivity index (χ3v) is 3.79. The highest BCUT2D eigenvalue weighted by Crippen LogP contribution is 2.27. The van der Waals surface area contributed by atoms with E-state index in [2.05, 4.69) is 31.2 Å². The Morgan fingerprint density at radius 1 is 1.62 bits per heavy atom. The van der Waals surface area contributed by atoms with Crippen molar-refractivity contribution < 1.29 is 0 Å². The van der Waals surface area contributed by atoms with Gasteiger partial charge in [0, 0.05) is 12.3 Å². The average Bonchev–Trinajstić information content (AvgIpc) is 2.22. The Labute approximate surface area is 104 Å². The minimum Gasteiger partial charge on any atom is -0.316 e. The lowest BCUT2D eigenvalue weighted by molar-refractivity contribution is 0.385. The Morgan fingerprint density at radius 3 is 3.12 bits per heavy atom. The molecule has 0 bridgehead atoms. The summed E-state index contributed by atoms with van der Waals surface area (Å²) in [6.07, 6.45) is 10.2. The first-order valence-electron chi connectivity index (χ1n) is 6.11.